The largest absolute Gasteiger partial charge is 0.106 e. The molecule has 3 aromatic rings. The maximum absolute atomic E-state index is 4.03. The third kappa shape index (κ3) is 6.29. The first-order chi connectivity index (χ1) is 16.0. The summed E-state index contributed by atoms with van der Waals surface area (Å²) in [5.41, 5.74) is 12.2. The molecule has 0 nitrogen and oxygen atoms in total. The molecule has 0 radical (unpaired) electrons. The zero-order valence-corrected chi connectivity index (χ0v) is 23.1. The Labute approximate surface area is 209 Å². The molecule has 0 amide bonds. The second kappa shape index (κ2) is 11.7. The van der Waals surface area contributed by atoms with Crippen molar-refractivity contribution in [3.63, 3.8) is 0 Å². The monoisotopic (exact) mass is 454 g/mol. The predicted octanol–water partition coefficient (Wildman–Crippen LogP) is 10.1. The lowest BCUT2D eigenvalue weighted by molar-refractivity contribution is 0.266. The lowest BCUT2D eigenvalue weighted by Gasteiger charge is -2.36. The summed E-state index contributed by atoms with van der Waals surface area (Å²) in [4.78, 5) is 0. The third-order valence-corrected chi connectivity index (χ3v) is 8.01. The van der Waals surface area contributed by atoms with Crippen LogP contribution in [0.4, 0.5) is 0 Å². The van der Waals surface area contributed by atoms with Crippen molar-refractivity contribution in [2.75, 3.05) is 0 Å². The number of rotatable bonds is 3. The van der Waals surface area contributed by atoms with E-state index in [2.05, 4.69) is 118 Å². The number of hydrogen-bond acceptors (Lipinski definition) is 0. The van der Waals surface area contributed by atoms with E-state index < -0.39 is 0 Å². The maximum Gasteiger partial charge on any atom is 0.00145 e. The minimum absolute atomic E-state index is 0.436. The first-order valence-corrected chi connectivity index (χ1v) is 12.8. The molecule has 1 aliphatic rings. The average molecular weight is 455 g/mol. The van der Waals surface area contributed by atoms with Gasteiger partial charge in [0.05, 0.1) is 0 Å². The van der Waals surface area contributed by atoms with Crippen LogP contribution in [0.15, 0.2) is 67.8 Å². The van der Waals surface area contributed by atoms with Crippen molar-refractivity contribution in [2.45, 2.75) is 87.0 Å². The van der Waals surface area contributed by atoms with Crippen molar-refractivity contribution in [2.24, 2.45) is 5.41 Å². The topological polar surface area (TPSA) is 0 Å². The molecular weight excluding hydrogens is 408 g/mol. The van der Waals surface area contributed by atoms with Gasteiger partial charge in [-0.25, -0.2) is 0 Å². The van der Waals surface area contributed by atoms with Gasteiger partial charge in [-0.05, 0) is 103 Å². The van der Waals surface area contributed by atoms with E-state index in [-0.39, 0.29) is 0 Å². The van der Waals surface area contributed by atoms with Crippen molar-refractivity contribution < 1.29 is 0 Å². The highest BCUT2D eigenvalue weighted by Crippen LogP contribution is 2.40. The average Bonchev–Trinajstić information content (AvgIpc) is 2.83. The quantitative estimate of drug-likeness (QED) is 0.345. The molecule has 34 heavy (non-hydrogen) atoms. The van der Waals surface area contributed by atoms with Gasteiger partial charge in [0, 0.05) is 5.92 Å². The molecule has 0 N–H and O–H groups in total. The van der Waals surface area contributed by atoms with Gasteiger partial charge >= 0.3 is 0 Å². The molecule has 0 fully saturated rings. The van der Waals surface area contributed by atoms with Crippen LogP contribution in [-0.2, 0) is 12.8 Å². The van der Waals surface area contributed by atoms with Gasteiger partial charge in [0.2, 0.25) is 0 Å². The van der Waals surface area contributed by atoms with E-state index in [1.807, 2.05) is 0 Å². The fourth-order valence-corrected chi connectivity index (χ4v) is 4.99. The lowest BCUT2D eigenvalue weighted by Crippen LogP contribution is -2.26. The van der Waals surface area contributed by atoms with E-state index in [9.17, 15) is 0 Å². The van der Waals surface area contributed by atoms with E-state index in [1.165, 1.54) is 64.3 Å². The summed E-state index contributed by atoms with van der Waals surface area (Å²) in [6.45, 7) is 28.1. The number of fused-ring (bicyclic) bond motifs is 2. The Balaban J connectivity index is 0.000000224. The van der Waals surface area contributed by atoms with Crippen molar-refractivity contribution in [1.82, 2.24) is 0 Å². The standard InChI is InChI=1S/C16H18.C16H24.C2H4/c1-11(2)13(4)14-7-8-15-9-12(3)5-6-16(15)10-14;1-6-16(5)8-7-14-12(3)9-11(2)13(4)15(14)10-16;1-2/h5-10,13H,1H2,2-4H3;9H,6-8,10H2,1-5H3;1-2H2. The Morgan fingerprint density at radius 1 is 0.912 bits per heavy atom. The van der Waals surface area contributed by atoms with Crippen LogP contribution >= 0.6 is 0 Å². The summed E-state index contributed by atoms with van der Waals surface area (Å²) in [5, 5.41) is 2.63. The summed E-state index contributed by atoms with van der Waals surface area (Å²) in [6.07, 6.45) is 5.23. The molecule has 3 aromatic carbocycles. The molecular formula is C34H46. The minimum atomic E-state index is 0.436. The first-order valence-electron chi connectivity index (χ1n) is 12.8. The Morgan fingerprint density at radius 2 is 1.53 bits per heavy atom. The van der Waals surface area contributed by atoms with Crippen LogP contribution < -0.4 is 0 Å². The zero-order chi connectivity index (χ0) is 25.6. The molecule has 0 spiro atoms. The van der Waals surface area contributed by atoms with E-state index in [0.717, 1.165) is 0 Å². The normalized spacial score (nSPS) is 17.5. The smallest absolute Gasteiger partial charge is 0.00145 e. The Kier molecular flexibility index (Phi) is 9.51. The van der Waals surface area contributed by atoms with Gasteiger partial charge in [0.25, 0.3) is 0 Å². The highest BCUT2D eigenvalue weighted by Gasteiger charge is 2.30. The zero-order valence-electron chi connectivity index (χ0n) is 23.1. The van der Waals surface area contributed by atoms with Crippen LogP contribution in [0.1, 0.15) is 85.4 Å². The van der Waals surface area contributed by atoms with Gasteiger partial charge < -0.3 is 0 Å². The predicted molar refractivity (Wildman–Crippen MR) is 154 cm³/mol. The molecule has 2 atom stereocenters. The number of aryl methyl sites for hydroxylation is 3. The summed E-state index contributed by atoms with van der Waals surface area (Å²) < 4.78 is 0. The number of allylic oxidation sites excluding steroid dienone is 1. The van der Waals surface area contributed by atoms with Gasteiger partial charge in [0.1, 0.15) is 0 Å². The second-order valence-electron chi connectivity index (χ2n) is 10.6. The fourth-order valence-electron chi connectivity index (χ4n) is 4.99. The third-order valence-electron chi connectivity index (χ3n) is 8.01. The Hall–Kier alpha value is -2.60. The van der Waals surface area contributed by atoms with Crippen LogP contribution in [0, 0.1) is 33.1 Å². The molecule has 0 heteroatoms. The van der Waals surface area contributed by atoms with Gasteiger partial charge in [-0.2, -0.15) is 0 Å². The van der Waals surface area contributed by atoms with E-state index in [1.54, 1.807) is 16.7 Å². The number of benzene rings is 3. The molecule has 182 valence electrons. The van der Waals surface area contributed by atoms with Crippen molar-refractivity contribution in [1.29, 1.82) is 0 Å². The fraction of sp³-hybridized carbons (Fsp3) is 0.412. The van der Waals surface area contributed by atoms with Crippen molar-refractivity contribution in [3.05, 3.63) is 107 Å². The van der Waals surface area contributed by atoms with Gasteiger partial charge in [0.15, 0.2) is 0 Å². The van der Waals surface area contributed by atoms with Crippen LogP contribution in [0.2, 0.25) is 0 Å². The molecule has 0 aliphatic heterocycles. The molecule has 2 unspecified atom stereocenters. The summed E-state index contributed by atoms with van der Waals surface area (Å²) >= 11 is 0. The van der Waals surface area contributed by atoms with E-state index in [0.29, 0.717) is 11.3 Å². The Bertz CT molecular complexity index is 1150. The summed E-state index contributed by atoms with van der Waals surface area (Å²) in [5.74, 6) is 0.436. The molecule has 0 heterocycles. The number of hydrogen-bond donors (Lipinski definition) is 0. The Morgan fingerprint density at radius 3 is 2.15 bits per heavy atom. The first kappa shape index (κ1) is 27.6. The van der Waals surface area contributed by atoms with E-state index >= 15 is 0 Å². The van der Waals surface area contributed by atoms with Crippen LogP contribution in [0.25, 0.3) is 10.8 Å². The minimum Gasteiger partial charge on any atom is -0.106 e. The molecule has 0 bridgehead atoms. The van der Waals surface area contributed by atoms with E-state index in [4.69, 9.17) is 0 Å². The second-order valence-corrected chi connectivity index (χ2v) is 10.6. The van der Waals surface area contributed by atoms with Crippen LogP contribution in [-0.4, -0.2) is 0 Å². The molecule has 0 saturated heterocycles. The van der Waals surface area contributed by atoms with Crippen molar-refractivity contribution in [3.8, 4) is 0 Å². The van der Waals surface area contributed by atoms with Crippen LogP contribution in [0.3, 0.4) is 0 Å². The van der Waals surface area contributed by atoms with Gasteiger partial charge in [-0.3, -0.25) is 0 Å². The molecule has 0 aromatic heterocycles. The SMILES string of the molecule is C=C.C=C(C)C(C)c1ccc2cc(C)ccc2c1.CCC1(C)CCc2c(C)cc(C)c(C)c2C1. The van der Waals surface area contributed by atoms with Crippen molar-refractivity contribution >= 4 is 10.8 Å². The lowest BCUT2D eigenvalue weighted by atomic mass is 9.69. The molecule has 0 saturated carbocycles. The summed E-state index contributed by atoms with van der Waals surface area (Å²) in [7, 11) is 0. The maximum atomic E-state index is 4.03. The summed E-state index contributed by atoms with van der Waals surface area (Å²) in [6, 6.07) is 15.6. The highest BCUT2D eigenvalue weighted by molar-refractivity contribution is 5.84. The molecule has 4 rings (SSSR count). The highest BCUT2D eigenvalue weighted by atomic mass is 14.3. The van der Waals surface area contributed by atoms with Gasteiger partial charge in [-0.1, -0.05) is 87.4 Å². The molecule has 1 aliphatic carbocycles. The van der Waals surface area contributed by atoms with Gasteiger partial charge in [-0.15, -0.1) is 13.2 Å². The van der Waals surface area contributed by atoms with Crippen LogP contribution in [0.5, 0.6) is 0 Å².